The van der Waals surface area contributed by atoms with Gasteiger partial charge in [0.05, 0.1) is 0 Å². The van der Waals surface area contributed by atoms with Crippen molar-refractivity contribution in [2.45, 2.75) is 23.8 Å². The first kappa shape index (κ1) is 14.9. The smallest absolute Gasteiger partial charge is 0.246 e. The Hall–Kier alpha value is -1.49. The molecule has 0 N–H and O–H groups in total. The van der Waals surface area contributed by atoms with Gasteiger partial charge >= 0.3 is 0 Å². The lowest BCUT2D eigenvalue weighted by atomic mass is 10.1. The molecule has 2 heterocycles. The number of likely N-dealkylation sites (tertiary alicyclic amines) is 1. The fourth-order valence-corrected chi connectivity index (χ4v) is 3.94. The quantitative estimate of drug-likeness (QED) is 0.819. The van der Waals surface area contributed by atoms with Gasteiger partial charge in [0, 0.05) is 25.8 Å². The Kier molecular flexibility index (Phi) is 4.38. The number of nitrogens with zero attached hydrogens (tertiary/aromatic N) is 4. The van der Waals surface area contributed by atoms with Crippen molar-refractivity contribution < 1.29 is 8.42 Å². The van der Waals surface area contributed by atoms with Crippen molar-refractivity contribution in [3.05, 3.63) is 24.0 Å². The first-order chi connectivity index (χ1) is 9.46. The van der Waals surface area contributed by atoms with Gasteiger partial charge in [0.25, 0.3) is 0 Å². The summed E-state index contributed by atoms with van der Waals surface area (Å²) in [5.74, 6) is 0. The van der Waals surface area contributed by atoms with Gasteiger partial charge < -0.3 is 4.90 Å². The molecule has 108 valence electrons. The molecule has 1 aliphatic heterocycles. The van der Waals surface area contributed by atoms with Gasteiger partial charge in [-0.05, 0) is 38.6 Å². The zero-order valence-electron chi connectivity index (χ0n) is 11.7. The van der Waals surface area contributed by atoms with Crippen LogP contribution in [0.25, 0.3) is 0 Å². The average molecular weight is 294 g/mol. The second-order valence-electron chi connectivity index (χ2n) is 5.04. The van der Waals surface area contributed by atoms with Crippen LogP contribution in [0.4, 0.5) is 0 Å². The van der Waals surface area contributed by atoms with Gasteiger partial charge in [-0.15, -0.1) is 0 Å². The van der Waals surface area contributed by atoms with E-state index in [9.17, 15) is 8.42 Å². The highest BCUT2D eigenvalue weighted by molar-refractivity contribution is 7.89. The molecule has 0 aliphatic carbocycles. The van der Waals surface area contributed by atoms with Crippen molar-refractivity contribution in [2.24, 2.45) is 0 Å². The molecule has 1 saturated heterocycles. The number of sulfonamides is 1. The van der Waals surface area contributed by atoms with Crippen LogP contribution in [-0.2, 0) is 10.0 Å². The Balaban J connectivity index is 2.32. The molecule has 0 bridgehead atoms. The summed E-state index contributed by atoms with van der Waals surface area (Å²) in [6.07, 6.45) is 3.23. The van der Waals surface area contributed by atoms with E-state index in [1.807, 2.05) is 13.1 Å². The number of pyridine rings is 1. The molecule has 6 nitrogen and oxygen atoms in total. The van der Waals surface area contributed by atoms with Crippen LogP contribution in [0.1, 0.15) is 18.5 Å². The number of rotatable bonds is 3. The maximum atomic E-state index is 12.6. The van der Waals surface area contributed by atoms with E-state index < -0.39 is 10.0 Å². The van der Waals surface area contributed by atoms with Crippen LogP contribution >= 0.6 is 0 Å². The van der Waals surface area contributed by atoms with Crippen LogP contribution < -0.4 is 0 Å². The van der Waals surface area contributed by atoms with Gasteiger partial charge in [-0.1, -0.05) is 0 Å². The van der Waals surface area contributed by atoms with Crippen LogP contribution in [0, 0.1) is 11.3 Å². The summed E-state index contributed by atoms with van der Waals surface area (Å²) in [6.45, 7) is 1.69. The maximum Gasteiger partial charge on any atom is 0.246 e. The van der Waals surface area contributed by atoms with E-state index >= 15 is 0 Å². The molecule has 2 rings (SSSR count). The molecule has 0 saturated carbocycles. The molecule has 7 heteroatoms. The Bertz CT molecular complexity index is 624. The number of likely N-dealkylation sites (N-methyl/N-ethyl adjacent to an activating group) is 2. The Morgan fingerprint density at radius 2 is 2.30 bits per heavy atom. The predicted molar refractivity (Wildman–Crippen MR) is 74.4 cm³/mol. The molecule has 0 radical (unpaired) electrons. The van der Waals surface area contributed by atoms with E-state index in [-0.39, 0.29) is 16.6 Å². The molecule has 20 heavy (non-hydrogen) atoms. The largest absolute Gasteiger partial charge is 0.305 e. The lowest BCUT2D eigenvalue weighted by Gasteiger charge is -2.35. The van der Waals surface area contributed by atoms with Crippen LogP contribution in [0.5, 0.6) is 0 Å². The third kappa shape index (κ3) is 2.82. The first-order valence-corrected chi connectivity index (χ1v) is 7.92. The fourth-order valence-electron chi connectivity index (χ4n) is 2.47. The molecule has 1 atom stereocenters. The SMILES string of the molecule is CN1CCCC(N(C)S(=O)(=O)c2cccnc2C#N)C1. The minimum atomic E-state index is -3.68. The minimum absolute atomic E-state index is 0.0155. The highest BCUT2D eigenvalue weighted by Crippen LogP contribution is 2.22. The van der Waals surface area contributed by atoms with E-state index in [0.29, 0.717) is 6.54 Å². The topological polar surface area (TPSA) is 77.3 Å². The van der Waals surface area contributed by atoms with Crippen LogP contribution in [-0.4, -0.2) is 55.8 Å². The monoisotopic (exact) mass is 294 g/mol. The van der Waals surface area contributed by atoms with Crippen molar-refractivity contribution in [2.75, 3.05) is 27.2 Å². The van der Waals surface area contributed by atoms with E-state index in [4.69, 9.17) is 5.26 Å². The average Bonchev–Trinajstić information content (AvgIpc) is 2.46. The lowest BCUT2D eigenvalue weighted by molar-refractivity contribution is 0.187. The number of piperidine rings is 1. The van der Waals surface area contributed by atoms with Crippen molar-refractivity contribution in [3.63, 3.8) is 0 Å². The van der Waals surface area contributed by atoms with Crippen molar-refractivity contribution in [3.8, 4) is 6.07 Å². The molecule has 1 fully saturated rings. The van der Waals surface area contributed by atoms with Crippen molar-refractivity contribution >= 4 is 10.0 Å². The molecule has 1 aromatic rings. The van der Waals surface area contributed by atoms with Gasteiger partial charge in [-0.2, -0.15) is 9.57 Å². The normalized spacial score (nSPS) is 20.8. The Morgan fingerprint density at radius 3 is 2.95 bits per heavy atom. The first-order valence-electron chi connectivity index (χ1n) is 6.48. The summed E-state index contributed by atoms with van der Waals surface area (Å²) in [5.41, 5.74) is -0.0523. The van der Waals surface area contributed by atoms with Crippen molar-refractivity contribution in [1.82, 2.24) is 14.2 Å². The molecule has 0 aromatic carbocycles. The lowest BCUT2D eigenvalue weighted by Crippen LogP contribution is -2.47. The van der Waals surface area contributed by atoms with Gasteiger partial charge in [0.1, 0.15) is 11.0 Å². The van der Waals surface area contributed by atoms with Crippen LogP contribution in [0.2, 0.25) is 0 Å². The third-order valence-corrected chi connectivity index (χ3v) is 5.59. The molecule has 0 amide bonds. The number of hydrogen-bond donors (Lipinski definition) is 0. The summed E-state index contributed by atoms with van der Waals surface area (Å²) in [7, 11) is -0.123. The second kappa shape index (κ2) is 5.87. The highest BCUT2D eigenvalue weighted by atomic mass is 32.2. The Labute approximate surface area is 119 Å². The molecule has 0 spiro atoms. The zero-order chi connectivity index (χ0) is 14.8. The number of nitriles is 1. The summed E-state index contributed by atoms with van der Waals surface area (Å²) in [6, 6.07) is 4.75. The fraction of sp³-hybridized carbons (Fsp3) is 0.538. The van der Waals surface area contributed by atoms with Crippen LogP contribution in [0.15, 0.2) is 23.2 Å². The van der Waals surface area contributed by atoms with Gasteiger partial charge in [0.2, 0.25) is 10.0 Å². The summed E-state index contributed by atoms with van der Waals surface area (Å²) >= 11 is 0. The van der Waals surface area contributed by atoms with E-state index in [2.05, 4.69) is 9.88 Å². The van der Waals surface area contributed by atoms with Gasteiger partial charge in [-0.25, -0.2) is 13.4 Å². The number of aromatic nitrogens is 1. The highest BCUT2D eigenvalue weighted by Gasteiger charge is 2.32. The molecule has 1 aliphatic rings. The van der Waals surface area contributed by atoms with E-state index in [1.165, 1.54) is 22.6 Å². The summed E-state index contributed by atoms with van der Waals surface area (Å²) in [5, 5.41) is 9.01. The van der Waals surface area contributed by atoms with Gasteiger partial charge in [-0.3, -0.25) is 0 Å². The maximum absolute atomic E-state index is 12.6. The van der Waals surface area contributed by atoms with E-state index in [1.54, 1.807) is 7.05 Å². The van der Waals surface area contributed by atoms with Gasteiger partial charge in [0.15, 0.2) is 5.69 Å². The molecular weight excluding hydrogens is 276 g/mol. The summed E-state index contributed by atoms with van der Waals surface area (Å²) in [4.78, 5) is 5.93. The zero-order valence-corrected chi connectivity index (χ0v) is 12.5. The third-order valence-electron chi connectivity index (χ3n) is 3.65. The predicted octanol–water partition coefficient (Wildman–Crippen LogP) is 0.668. The molecule has 1 aromatic heterocycles. The Morgan fingerprint density at radius 1 is 1.55 bits per heavy atom. The minimum Gasteiger partial charge on any atom is -0.305 e. The molecular formula is C13H18N4O2S. The number of hydrogen-bond acceptors (Lipinski definition) is 5. The standard InChI is InChI=1S/C13H18N4O2S/c1-16-8-4-5-11(10-16)17(2)20(18,19)13-6-3-7-15-12(13)9-14/h3,6-7,11H,4-5,8,10H2,1-2H3. The van der Waals surface area contributed by atoms with E-state index in [0.717, 1.165) is 19.4 Å². The van der Waals surface area contributed by atoms with Crippen molar-refractivity contribution in [1.29, 1.82) is 5.26 Å². The molecule has 1 unspecified atom stereocenters. The second-order valence-corrected chi connectivity index (χ2v) is 7.01. The van der Waals surface area contributed by atoms with Crippen LogP contribution in [0.3, 0.4) is 0 Å². The summed E-state index contributed by atoms with van der Waals surface area (Å²) < 4.78 is 26.6.